The molecule has 5 aliphatic rings. The predicted octanol–water partition coefficient (Wildman–Crippen LogP) is 6.03. The van der Waals surface area contributed by atoms with E-state index in [0.29, 0.717) is 35.8 Å². The molecule has 11 nitrogen and oxygen atoms in total. The number of hydrogen-bond acceptors (Lipinski definition) is 8. The summed E-state index contributed by atoms with van der Waals surface area (Å²) >= 11 is 0. The number of carbonyl (C=O) groups is 3. The average molecular weight is 728 g/mol. The molecule has 9 rings (SSSR count). The summed E-state index contributed by atoms with van der Waals surface area (Å²) in [5.41, 5.74) is 8.44. The van der Waals surface area contributed by atoms with Gasteiger partial charge >= 0.3 is 0 Å². The van der Waals surface area contributed by atoms with Gasteiger partial charge in [0.2, 0.25) is 11.8 Å². The molecule has 276 valence electrons. The van der Waals surface area contributed by atoms with E-state index in [0.717, 1.165) is 77.6 Å². The number of imide groups is 1. The number of likely N-dealkylation sites (tertiary alicyclic amines) is 1. The van der Waals surface area contributed by atoms with Gasteiger partial charge in [0.05, 0.1) is 11.4 Å². The Bertz CT molecular complexity index is 2230. The maximum atomic E-state index is 15.5. The Balaban J connectivity index is 0.885. The number of rotatable bonds is 9. The molecule has 1 aliphatic carbocycles. The number of hydrogen-bond donors (Lipinski definition) is 1. The van der Waals surface area contributed by atoms with Crippen LogP contribution in [-0.2, 0) is 21.7 Å². The Labute approximate surface area is 313 Å². The highest BCUT2D eigenvalue weighted by molar-refractivity contribution is 6.05. The molecular weight excluding hydrogens is 686 g/mol. The molecule has 1 aromatic heterocycles. The zero-order valence-electron chi connectivity index (χ0n) is 30.7. The number of fused-ring (bicyclic) bond motifs is 1. The lowest BCUT2D eigenvalue weighted by Crippen LogP contribution is -2.66. The van der Waals surface area contributed by atoms with Crippen LogP contribution in [0.15, 0.2) is 59.1 Å². The molecule has 54 heavy (non-hydrogen) atoms. The third-order valence-electron chi connectivity index (χ3n) is 12.2. The Morgan fingerprint density at radius 2 is 1.78 bits per heavy atom. The zero-order chi connectivity index (χ0) is 37.5. The van der Waals surface area contributed by atoms with Gasteiger partial charge < -0.3 is 24.1 Å². The molecule has 4 fully saturated rings. The minimum atomic E-state index is -0.730. The number of carbonyl (C=O) groups excluding carboxylic acids is 3. The number of anilines is 3. The quantitative estimate of drug-likeness (QED) is 0.165. The van der Waals surface area contributed by atoms with Crippen molar-refractivity contribution in [2.75, 3.05) is 42.5 Å². The fourth-order valence-electron chi connectivity index (χ4n) is 8.81. The first kappa shape index (κ1) is 34.2. The van der Waals surface area contributed by atoms with Crippen LogP contribution in [0.1, 0.15) is 64.2 Å². The monoisotopic (exact) mass is 727 g/mol. The average Bonchev–Trinajstić information content (AvgIpc) is 3.77. The number of amides is 3. The van der Waals surface area contributed by atoms with E-state index in [1.807, 2.05) is 18.7 Å². The fraction of sp³-hybridized carbons (Fsp3) is 0.405. The normalized spacial score (nSPS) is 21.0. The number of aromatic nitrogens is 1. The molecule has 3 aromatic carbocycles. The van der Waals surface area contributed by atoms with Crippen LogP contribution < -0.4 is 15.1 Å². The summed E-state index contributed by atoms with van der Waals surface area (Å²) in [6.07, 6.45) is 2.27. The Hall–Kier alpha value is -5.54. The number of nitrogens with one attached hydrogen (secondary N) is 1. The van der Waals surface area contributed by atoms with Crippen molar-refractivity contribution in [3.05, 3.63) is 106 Å². The van der Waals surface area contributed by atoms with Crippen LogP contribution >= 0.6 is 0 Å². The molecule has 1 N–H and O–H groups in total. The number of piperidine rings is 1. The second kappa shape index (κ2) is 12.8. The van der Waals surface area contributed by atoms with Crippen LogP contribution in [0.3, 0.4) is 0 Å². The first-order chi connectivity index (χ1) is 26.0. The summed E-state index contributed by atoms with van der Waals surface area (Å²) in [5, 5.41) is 6.51. The van der Waals surface area contributed by atoms with Gasteiger partial charge in [-0.25, -0.2) is 11.0 Å². The third-order valence-corrected chi connectivity index (χ3v) is 12.2. The van der Waals surface area contributed by atoms with Crippen LogP contribution in [0.4, 0.5) is 21.5 Å². The van der Waals surface area contributed by atoms with Crippen LogP contribution in [0.2, 0.25) is 0 Å². The van der Waals surface area contributed by atoms with E-state index >= 15 is 4.39 Å². The van der Waals surface area contributed by atoms with Crippen LogP contribution in [0, 0.1) is 39.1 Å². The molecular formula is C42H42FN7O4. The zero-order valence-corrected chi connectivity index (χ0v) is 30.7. The van der Waals surface area contributed by atoms with Crippen molar-refractivity contribution in [3.8, 4) is 11.1 Å². The third kappa shape index (κ3) is 5.73. The standard InChI is InChI=1S/C42H42FN7O4/c1-24-5-6-28(39-25(2)46-54-26(39)3)16-36(24)49(31-9-7-30(8-10-31)42(44-4)13-14-42)20-27-18-47(19-27)32-22-48(23-32)37-17-33-29(15-34(37)43)21-50(41(33)53)35-11-12-38(51)45-40(35)52/h5-10,15-17,27,32,35H,11-14,18-23H2,1-3H3,(H,45,51,52). The lowest BCUT2D eigenvalue weighted by Gasteiger charge is -2.53. The lowest BCUT2D eigenvalue weighted by atomic mass is 9.92. The van der Waals surface area contributed by atoms with Crippen LogP contribution in [0.25, 0.3) is 16.0 Å². The fourth-order valence-corrected chi connectivity index (χ4v) is 8.81. The maximum absolute atomic E-state index is 15.5. The van der Waals surface area contributed by atoms with E-state index in [4.69, 9.17) is 11.1 Å². The van der Waals surface area contributed by atoms with Gasteiger partial charge in [-0.15, -0.1) is 0 Å². The number of benzene rings is 3. The van der Waals surface area contributed by atoms with Gasteiger partial charge in [0.15, 0.2) is 0 Å². The van der Waals surface area contributed by atoms with Gasteiger partial charge in [-0.1, -0.05) is 17.3 Å². The minimum absolute atomic E-state index is 0.155. The largest absolute Gasteiger partial charge is 0.366 e. The Morgan fingerprint density at radius 3 is 2.44 bits per heavy atom. The van der Waals surface area contributed by atoms with E-state index in [-0.39, 0.29) is 48.6 Å². The molecule has 5 heterocycles. The second-order valence-electron chi connectivity index (χ2n) is 15.7. The van der Waals surface area contributed by atoms with E-state index in [1.165, 1.54) is 11.0 Å². The van der Waals surface area contributed by atoms with E-state index in [2.05, 4.69) is 74.5 Å². The topological polar surface area (TPSA) is 107 Å². The molecule has 4 aromatic rings. The molecule has 1 saturated carbocycles. The molecule has 1 unspecified atom stereocenters. The molecule has 1 atom stereocenters. The van der Waals surface area contributed by atoms with Crippen molar-refractivity contribution in [2.24, 2.45) is 5.92 Å². The first-order valence-electron chi connectivity index (χ1n) is 18.8. The van der Waals surface area contributed by atoms with Crippen molar-refractivity contribution in [2.45, 2.75) is 70.6 Å². The highest BCUT2D eigenvalue weighted by Gasteiger charge is 2.52. The molecule has 12 heteroatoms. The van der Waals surface area contributed by atoms with Crippen LogP contribution in [0.5, 0.6) is 0 Å². The predicted molar refractivity (Wildman–Crippen MR) is 201 cm³/mol. The molecule has 0 spiro atoms. The van der Waals surface area contributed by atoms with Gasteiger partial charge in [-0.2, -0.15) is 0 Å². The van der Waals surface area contributed by atoms with E-state index in [9.17, 15) is 14.4 Å². The van der Waals surface area contributed by atoms with Crippen molar-refractivity contribution < 1.29 is 23.3 Å². The highest BCUT2D eigenvalue weighted by Crippen LogP contribution is 2.50. The van der Waals surface area contributed by atoms with Crippen molar-refractivity contribution in [1.29, 1.82) is 0 Å². The summed E-state index contributed by atoms with van der Waals surface area (Å²) < 4.78 is 21.0. The highest BCUT2D eigenvalue weighted by atomic mass is 19.1. The smallest absolute Gasteiger partial charge is 0.258 e. The summed E-state index contributed by atoms with van der Waals surface area (Å²) in [6.45, 7) is 17.9. The van der Waals surface area contributed by atoms with Gasteiger partial charge in [0, 0.05) is 98.6 Å². The summed E-state index contributed by atoms with van der Waals surface area (Å²) in [5.74, 6) is -0.282. The summed E-state index contributed by atoms with van der Waals surface area (Å²) in [7, 11) is 0. The van der Waals surface area contributed by atoms with Gasteiger partial charge in [-0.05, 0) is 86.3 Å². The van der Waals surface area contributed by atoms with Gasteiger partial charge in [0.25, 0.3) is 11.4 Å². The summed E-state index contributed by atoms with van der Waals surface area (Å²) in [4.78, 5) is 49.7. The van der Waals surface area contributed by atoms with Crippen molar-refractivity contribution >= 4 is 34.8 Å². The SMILES string of the molecule is [C-]#[N+]C1(c2ccc(N(CC3CN(C4CN(c5cc6c(cc5F)CN(C5CCC(=O)NC5=O)C6=O)C4)C3)c3cc(-c4c(C)noc4C)ccc3C)cc2)CC1. The Morgan fingerprint density at radius 1 is 1.02 bits per heavy atom. The molecule has 4 aliphatic heterocycles. The van der Waals surface area contributed by atoms with Crippen molar-refractivity contribution in [1.82, 2.24) is 20.3 Å². The summed E-state index contributed by atoms with van der Waals surface area (Å²) in [6, 6.07) is 17.7. The number of halogens is 1. The van der Waals surface area contributed by atoms with Gasteiger partial charge in [0.1, 0.15) is 17.6 Å². The van der Waals surface area contributed by atoms with Gasteiger partial charge in [-0.3, -0.25) is 24.6 Å². The lowest BCUT2D eigenvalue weighted by molar-refractivity contribution is -0.136. The Kier molecular flexibility index (Phi) is 8.12. The first-order valence-corrected chi connectivity index (χ1v) is 18.8. The number of nitrogens with zero attached hydrogens (tertiary/aromatic N) is 6. The maximum Gasteiger partial charge on any atom is 0.258 e. The number of aryl methyl sites for hydroxylation is 3. The molecule has 3 saturated heterocycles. The van der Waals surface area contributed by atoms with E-state index < -0.39 is 11.9 Å². The molecule has 0 radical (unpaired) electrons. The van der Waals surface area contributed by atoms with E-state index in [1.54, 1.807) is 6.07 Å². The van der Waals surface area contributed by atoms with Crippen LogP contribution in [-0.4, -0.2) is 77.5 Å². The van der Waals surface area contributed by atoms with Crippen molar-refractivity contribution in [3.63, 3.8) is 0 Å². The minimum Gasteiger partial charge on any atom is -0.366 e. The second-order valence-corrected chi connectivity index (χ2v) is 15.7. The molecule has 3 amide bonds. The molecule has 0 bridgehead atoms.